The van der Waals surface area contributed by atoms with E-state index in [1.165, 1.54) is 11.1 Å². The maximum atomic E-state index is 10.7. The van der Waals surface area contributed by atoms with Gasteiger partial charge < -0.3 is 25.5 Å². The first-order chi connectivity index (χ1) is 12.2. The zero-order valence-corrected chi connectivity index (χ0v) is 16.6. The van der Waals surface area contributed by atoms with Crippen molar-refractivity contribution in [2.75, 3.05) is 6.61 Å². The molecule has 0 aliphatic heterocycles. The Morgan fingerprint density at radius 3 is 2.42 bits per heavy atom. The van der Waals surface area contributed by atoms with Crippen LogP contribution >= 0.6 is 0 Å². The predicted octanol–water partition coefficient (Wildman–Crippen LogP) is 2.31. The Labute approximate surface area is 158 Å². The van der Waals surface area contributed by atoms with E-state index in [1.54, 1.807) is 6.92 Å². The first kappa shape index (κ1) is 23.3. The Bertz CT molecular complexity index is 473. The first-order valence-corrected chi connectivity index (χ1v) is 9.90. The van der Waals surface area contributed by atoms with E-state index in [2.05, 4.69) is 26.5 Å². The third-order valence-electron chi connectivity index (χ3n) is 5.94. The van der Waals surface area contributed by atoms with Crippen LogP contribution in [0.4, 0.5) is 0 Å². The van der Waals surface area contributed by atoms with Crippen LogP contribution in [0.15, 0.2) is 23.8 Å². The average molecular weight is 371 g/mol. The van der Waals surface area contributed by atoms with Gasteiger partial charge in [0.2, 0.25) is 0 Å². The zero-order chi connectivity index (χ0) is 19.9. The van der Waals surface area contributed by atoms with E-state index in [4.69, 9.17) is 5.11 Å². The minimum Gasteiger partial charge on any atom is -0.394 e. The fourth-order valence-corrected chi connectivity index (χ4v) is 3.75. The van der Waals surface area contributed by atoms with Gasteiger partial charge in [0.25, 0.3) is 0 Å². The second-order valence-corrected chi connectivity index (χ2v) is 8.06. The second-order valence-electron chi connectivity index (χ2n) is 8.06. The summed E-state index contributed by atoms with van der Waals surface area (Å²) in [4.78, 5) is 0. The average Bonchev–Trinajstić information content (AvgIpc) is 2.65. The maximum absolute atomic E-state index is 10.7. The summed E-state index contributed by atoms with van der Waals surface area (Å²) in [5.74, 6) is 1.07. The van der Waals surface area contributed by atoms with Crippen LogP contribution in [0.25, 0.3) is 0 Å². The van der Waals surface area contributed by atoms with Gasteiger partial charge in [0, 0.05) is 0 Å². The van der Waals surface area contributed by atoms with Crippen molar-refractivity contribution in [3.63, 3.8) is 0 Å². The molecule has 0 fully saturated rings. The number of allylic oxidation sites excluding steroid dienone is 3. The van der Waals surface area contributed by atoms with E-state index in [-0.39, 0.29) is 6.42 Å². The van der Waals surface area contributed by atoms with Gasteiger partial charge in [0.05, 0.1) is 12.2 Å². The molecule has 0 saturated carbocycles. The minimum atomic E-state index is -1.58. The van der Waals surface area contributed by atoms with Crippen LogP contribution in [0.1, 0.15) is 65.7 Å². The van der Waals surface area contributed by atoms with Crippen molar-refractivity contribution in [1.82, 2.24) is 0 Å². The van der Waals surface area contributed by atoms with E-state index in [0.29, 0.717) is 24.7 Å². The number of hydrogen-bond donors (Lipinski definition) is 5. The van der Waals surface area contributed by atoms with Crippen molar-refractivity contribution in [3.05, 3.63) is 23.8 Å². The molecule has 1 aliphatic carbocycles. The zero-order valence-electron chi connectivity index (χ0n) is 16.6. The monoisotopic (exact) mass is 370 g/mol. The molecule has 0 aromatic rings. The third kappa shape index (κ3) is 6.17. The van der Waals surface area contributed by atoms with Gasteiger partial charge >= 0.3 is 0 Å². The highest BCUT2D eigenvalue weighted by Crippen LogP contribution is 2.34. The van der Waals surface area contributed by atoms with Crippen LogP contribution in [0, 0.1) is 11.8 Å². The van der Waals surface area contributed by atoms with Gasteiger partial charge in [-0.15, -0.1) is 0 Å². The van der Waals surface area contributed by atoms with Crippen molar-refractivity contribution < 1.29 is 25.5 Å². The van der Waals surface area contributed by atoms with Crippen molar-refractivity contribution in [1.29, 1.82) is 0 Å². The van der Waals surface area contributed by atoms with Crippen LogP contribution in [0.2, 0.25) is 0 Å². The van der Waals surface area contributed by atoms with Gasteiger partial charge in [-0.05, 0) is 56.8 Å². The Morgan fingerprint density at radius 1 is 1.31 bits per heavy atom. The van der Waals surface area contributed by atoms with Gasteiger partial charge in [-0.1, -0.05) is 44.6 Å². The summed E-state index contributed by atoms with van der Waals surface area (Å²) in [5.41, 5.74) is 1.20. The number of hydrogen-bond acceptors (Lipinski definition) is 5. The number of aliphatic hydroxyl groups excluding tert-OH is 4. The Balaban J connectivity index is 2.52. The molecule has 0 spiro atoms. The quantitative estimate of drug-likeness (QED) is 0.359. The fourth-order valence-electron chi connectivity index (χ4n) is 3.75. The van der Waals surface area contributed by atoms with Crippen molar-refractivity contribution >= 4 is 0 Å². The molecule has 0 saturated heterocycles. The lowest BCUT2D eigenvalue weighted by molar-refractivity contribution is -0.162. The molecule has 1 rings (SSSR count). The highest BCUT2D eigenvalue weighted by atomic mass is 16.4. The summed E-state index contributed by atoms with van der Waals surface area (Å²) >= 11 is 0. The lowest BCUT2D eigenvalue weighted by atomic mass is 9.79. The molecule has 0 amide bonds. The van der Waals surface area contributed by atoms with E-state index in [0.717, 1.165) is 25.7 Å². The molecule has 0 aromatic heterocycles. The first-order valence-electron chi connectivity index (χ1n) is 9.90. The summed E-state index contributed by atoms with van der Waals surface area (Å²) in [5, 5.41) is 49.2. The van der Waals surface area contributed by atoms with Crippen molar-refractivity contribution in [3.8, 4) is 0 Å². The van der Waals surface area contributed by atoms with E-state index in [1.807, 2.05) is 0 Å². The molecule has 5 atom stereocenters. The molecule has 0 radical (unpaired) electrons. The topological polar surface area (TPSA) is 101 Å². The number of aliphatic hydroxyl groups is 5. The molecule has 5 N–H and O–H groups in total. The molecule has 152 valence electrons. The number of rotatable bonds is 11. The Morgan fingerprint density at radius 2 is 1.96 bits per heavy atom. The molecule has 0 heterocycles. The van der Waals surface area contributed by atoms with Gasteiger partial charge in [0.1, 0.15) is 18.3 Å². The standard InChI is InChI=1S/C21H38O5/c1-5-21(26,20(25)19(24)18(23)13-22)12-6-7-15(4)17-10-8-16(9-11-17)14(2)3/h8,14,17-20,22-26H,4-7,9-13H2,1-3H3/t17-,18-,19-,20+,21-/m1/s1. The molecule has 1 aliphatic rings. The minimum absolute atomic E-state index is 0.250. The van der Waals surface area contributed by atoms with Gasteiger partial charge in [-0.2, -0.15) is 0 Å². The van der Waals surface area contributed by atoms with Crippen LogP contribution < -0.4 is 0 Å². The molecule has 26 heavy (non-hydrogen) atoms. The van der Waals surface area contributed by atoms with E-state index < -0.39 is 30.5 Å². The molecular weight excluding hydrogens is 332 g/mol. The summed E-state index contributed by atoms with van der Waals surface area (Å²) in [7, 11) is 0. The normalized spacial score (nSPS) is 23.9. The summed E-state index contributed by atoms with van der Waals surface area (Å²) < 4.78 is 0. The summed E-state index contributed by atoms with van der Waals surface area (Å²) in [6.45, 7) is 9.73. The maximum Gasteiger partial charge on any atom is 0.111 e. The second kappa shape index (κ2) is 10.6. The lowest BCUT2D eigenvalue weighted by Gasteiger charge is -2.36. The molecule has 5 heteroatoms. The predicted molar refractivity (Wildman–Crippen MR) is 104 cm³/mol. The molecule has 0 aromatic carbocycles. The summed E-state index contributed by atoms with van der Waals surface area (Å²) in [6.07, 6.45) is 3.01. The SMILES string of the molecule is C=C(CCC[C@](O)(CC)[C@@H](O)[C@H](O)[C@H](O)CO)[C@@H]1CC=C(C(C)C)CC1. The molecule has 5 nitrogen and oxygen atoms in total. The molecular formula is C21H38O5. The van der Waals surface area contributed by atoms with Gasteiger partial charge in [0.15, 0.2) is 0 Å². The lowest BCUT2D eigenvalue weighted by Crippen LogP contribution is -2.53. The molecule has 0 unspecified atom stereocenters. The fraction of sp³-hybridized carbons (Fsp3) is 0.810. The smallest absolute Gasteiger partial charge is 0.111 e. The third-order valence-corrected chi connectivity index (χ3v) is 5.94. The van der Waals surface area contributed by atoms with Gasteiger partial charge in [-0.25, -0.2) is 0 Å². The van der Waals surface area contributed by atoms with Crippen LogP contribution in [0.3, 0.4) is 0 Å². The summed E-state index contributed by atoms with van der Waals surface area (Å²) in [6, 6.07) is 0. The van der Waals surface area contributed by atoms with E-state index >= 15 is 0 Å². The van der Waals surface area contributed by atoms with Crippen LogP contribution in [0.5, 0.6) is 0 Å². The Hall–Kier alpha value is -0.720. The largest absolute Gasteiger partial charge is 0.394 e. The van der Waals surface area contributed by atoms with E-state index in [9.17, 15) is 20.4 Å². The highest BCUT2D eigenvalue weighted by molar-refractivity contribution is 5.14. The Kier molecular flexibility index (Phi) is 9.48. The van der Waals surface area contributed by atoms with Gasteiger partial charge in [-0.3, -0.25) is 0 Å². The van der Waals surface area contributed by atoms with Crippen LogP contribution in [-0.2, 0) is 0 Å². The highest BCUT2D eigenvalue weighted by Gasteiger charge is 2.40. The molecule has 0 bridgehead atoms. The van der Waals surface area contributed by atoms with Crippen molar-refractivity contribution in [2.24, 2.45) is 11.8 Å². The van der Waals surface area contributed by atoms with Crippen molar-refractivity contribution in [2.45, 2.75) is 89.6 Å². The van der Waals surface area contributed by atoms with Crippen LogP contribution in [-0.4, -0.2) is 56.1 Å².